The summed E-state index contributed by atoms with van der Waals surface area (Å²) < 4.78 is 5.29. The summed E-state index contributed by atoms with van der Waals surface area (Å²) in [5.74, 6) is -0.443. The summed E-state index contributed by atoms with van der Waals surface area (Å²) in [5.41, 5.74) is -0.595. The van der Waals surface area contributed by atoms with Crippen LogP contribution in [-0.4, -0.2) is 35.5 Å². The normalized spacial score (nSPS) is 15.5. The molecule has 0 aliphatic rings. The second kappa shape index (κ2) is 10.8. The van der Waals surface area contributed by atoms with E-state index in [0.717, 1.165) is 6.42 Å². The van der Waals surface area contributed by atoms with E-state index in [1.165, 1.54) is 0 Å². The predicted molar refractivity (Wildman–Crippen MR) is 113 cm³/mol. The summed E-state index contributed by atoms with van der Waals surface area (Å²) in [4.78, 5) is 37.8. The molecule has 164 valence electrons. The number of alkyl carbamates (subject to hydrolysis) is 1. The Balaban J connectivity index is 5.23. The number of ketones is 1. The third kappa shape index (κ3) is 10.7. The average Bonchev–Trinajstić information content (AvgIpc) is 2.51. The molecule has 6 nitrogen and oxygen atoms in total. The maximum Gasteiger partial charge on any atom is 0.408 e. The lowest BCUT2D eigenvalue weighted by Crippen LogP contribution is -2.55. The van der Waals surface area contributed by atoms with Crippen molar-refractivity contribution >= 4 is 17.8 Å². The van der Waals surface area contributed by atoms with Crippen molar-refractivity contribution in [2.24, 2.45) is 17.3 Å². The van der Waals surface area contributed by atoms with Gasteiger partial charge in [-0.2, -0.15) is 0 Å². The first-order chi connectivity index (χ1) is 12.6. The van der Waals surface area contributed by atoms with Crippen LogP contribution in [0.4, 0.5) is 4.79 Å². The van der Waals surface area contributed by atoms with Crippen molar-refractivity contribution in [3.05, 3.63) is 0 Å². The second-order valence-electron chi connectivity index (χ2n) is 10.3. The molecule has 0 aliphatic heterocycles. The van der Waals surface area contributed by atoms with Gasteiger partial charge in [0.1, 0.15) is 11.6 Å². The van der Waals surface area contributed by atoms with Gasteiger partial charge in [0.25, 0.3) is 0 Å². The van der Waals surface area contributed by atoms with E-state index in [1.54, 1.807) is 20.8 Å². The molecule has 0 saturated heterocycles. The highest BCUT2D eigenvalue weighted by atomic mass is 16.6. The largest absolute Gasteiger partial charge is 0.444 e. The van der Waals surface area contributed by atoms with Crippen LogP contribution >= 0.6 is 0 Å². The van der Waals surface area contributed by atoms with Gasteiger partial charge in [-0.15, -0.1) is 0 Å². The molecular formula is C22H42N2O4. The van der Waals surface area contributed by atoms with Crippen LogP contribution in [0.25, 0.3) is 0 Å². The molecule has 3 unspecified atom stereocenters. The van der Waals surface area contributed by atoms with Gasteiger partial charge in [0, 0.05) is 6.42 Å². The number of amides is 2. The number of carbonyl (C=O) groups excluding carboxylic acids is 3. The number of carbonyl (C=O) groups is 3. The van der Waals surface area contributed by atoms with E-state index in [9.17, 15) is 14.4 Å². The minimum Gasteiger partial charge on any atom is -0.444 e. The van der Waals surface area contributed by atoms with Gasteiger partial charge in [-0.05, 0) is 44.4 Å². The van der Waals surface area contributed by atoms with Gasteiger partial charge in [-0.25, -0.2) is 4.79 Å². The highest BCUT2D eigenvalue weighted by Gasteiger charge is 2.32. The molecule has 0 aromatic heterocycles. The topological polar surface area (TPSA) is 84.5 Å². The summed E-state index contributed by atoms with van der Waals surface area (Å²) in [6, 6.07) is -1.32. The van der Waals surface area contributed by atoms with Crippen molar-refractivity contribution in [2.45, 2.75) is 106 Å². The fraction of sp³-hybridized carbons (Fsp3) is 0.864. The first-order valence-corrected chi connectivity index (χ1v) is 10.4. The number of nitrogens with one attached hydrogen (secondary N) is 2. The van der Waals surface area contributed by atoms with E-state index in [-0.39, 0.29) is 28.9 Å². The molecule has 0 rings (SSSR count). The van der Waals surface area contributed by atoms with Gasteiger partial charge < -0.3 is 15.4 Å². The van der Waals surface area contributed by atoms with E-state index in [2.05, 4.69) is 31.4 Å². The molecule has 0 radical (unpaired) electrons. The molecule has 0 spiro atoms. The monoisotopic (exact) mass is 398 g/mol. The van der Waals surface area contributed by atoms with Crippen LogP contribution in [0.3, 0.4) is 0 Å². The van der Waals surface area contributed by atoms with Gasteiger partial charge in [0.15, 0.2) is 5.78 Å². The highest BCUT2D eigenvalue weighted by molar-refractivity contribution is 5.92. The second-order valence-corrected chi connectivity index (χ2v) is 10.3. The Bertz CT molecular complexity index is 530. The first-order valence-electron chi connectivity index (χ1n) is 10.4. The van der Waals surface area contributed by atoms with E-state index < -0.39 is 23.8 Å². The lowest BCUT2D eigenvalue weighted by molar-refractivity contribution is -0.131. The van der Waals surface area contributed by atoms with E-state index >= 15 is 0 Å². The van der Waals surface area contributed by atoms with Crippen molar-refractivity contribution < 1.29 is 19.1 Å². The maximum absolute atomic E-state index is 12.9. The zero-order valence-corrected chi connectivity index (χ0v) is 19.6. The zero-order chi connectivity index (χ0) is 22.3. The lowest BCUT2D eigenvalue weighted by atomic mass is 9.86. The summed E-state index contributed by atoms with van der Waals surface area (Å²) in [5, 5.41) is 5.56. The Morgan fingerprint density at radius 3 is 1.82 bits per heavy atom. The maximum atomic E-state index is 12.9. The van der Waals surface area contributed by atoms with E-state index in [1.807, 2.05) is 27.7 Å². The zero-order valence-electron chi connectivity index (χ0n) is 19.6. The minimum atomic E-state index is -0.753. The Morgan fingerprint density at radius 1 is 0.893 bits per heavy atom. The third-order valence-electron chi connectivity index (χ3n) is 4.60. The molecule has 0 bridgehead atoms. The number of hydrogen-bond acceptors (Lipinski definition) is 4. The fourth-order valence-electron chi connectivity index (χ4n) is 2.65. The summed E-state index contributed by atoms with van der Waals surface area (Å²) in [6.45, 7) is 19.3. The Labute approximate surface area is 171 Å². The van der Waals surface area contributed by atoms with Gasteiger partial charge in [0.05, 0.1) is 6.04 Å². The number of rotatable bonds is 9. The standard InChI is InChI=1S/C22H42N2O4/c1-11-15(4)18(24-20(27)28-22(8,9)10)19(26)23-17(14(2)3)16(25)12-13-21(5,6)7/h14-15,17-18H,11-13H2,1-10H3,(H,23,26)(H,24,27). The van der Waals surface area contributed by atoms with Gasteiger partial charge in [-0.3, -0.25) is 9.59 Å². The molecule has 28 heavy (non-hydrogen) atoms. The smallest absolute Gasteiger partial charge is 0.408 e. The molecule has 0 heterocycles. The number of ether oxygens (including phenoxy) is 1. The van der Waals surface area contributed by atoms with E-state index in [4.69, 9.17) is 4.74 Å². The van der Waals surface area contributed by atoms with Crippen LogP contribution in [0.5, 0.6) is 0 Å². The van der Waals surface area contributed by atoms with Gasteiger partial charge in [0.2, 0.25) is 5.91 Å². The summed E-state index contributed by atoms with van der Waals surface area (Å²) in [7, 11) is 0. The van der Waals surface area contributed by atoms with Crippen molar-refractivity contribution in [1.29, 1.82) is 0 Å². The molecule has 0 aromatic carbocycles. The molecule has 3 atom stereocenters. The highest BCUT2D eigenvalue weighted by Crippen LogP contribution is 2.22. The third-order valence-corrected chi connectivity index (χ3v) is 4.60. The Kier molecular flexibility index (Phi) is 10.2. The number of hydrogen-bond donors (Lipinski definition) is 2. The molecule has 6 heteroatoms. The number of Topliss-reactive ketones (excluding diaryl/α,β-unsaturated/α-hetero) is 1. The molecule has 2 N–H and O–H groups in total. The van der Waals surface area contributed by atoms with Gasteiger partial charge in [-0.1, -0.05) is 54.9 Å². The van der Waals surface area contributed by atoms with Crippen molar-refractivity contribution in [3.63, 3.8) is 0 Å². The van der Waals surface area contributed by atoms with Crippen LogP contribution in [-0.2, 0) is 14.3 Å². The van der Waals surface area contributed by atoms with Crippen LogP contribution in [0.15, 0.2) is 0 Å². The van der Waals surface area contributed by atoms with Crippen LogP contribution < -0.4 is 10.6 Å². The van der Waals surface area contributed by atoms with Gasteiger partial charge >= 0.3 is 6.09 Å². The van der Waals surface area contributed by atoms with Crippen LogP contribution in [0.2, 0.25) is 0 Å². The lowest BCUT2D eigenvalue weighted by Gasteiger charge is -2.29. The molecular weight excluding hydrogens is 356 g/mol. The SMILES string of the molecule is CCC(C)C(NC(=O)OC(C)(C)C)C(=O)NC(C(=O)CCC(C)(C)C)C(C)C. The molecule has 0 aliphatic carbocycles. The Morgan fingerprint density at radius 2 is 1.43 bits per heavy atom. The Hall–Kier alpha value is -1.59. The molecule has 0 aromatic rings. The fourth-order valence-corrected chi connectivity index (χ4v) is 2.65. The van der Waals surface area contributed by atoms with Crippen molar-refractivity contribution in [3.8, 4) is 0 Å². The van der Waals surface area contributed by atoms with Crippen LogP contribution in [0.1, 0.15) is 88.5 Å². The predicted octanol–water partition coefficient (Wildman–Crippen LogP) is 4.46. The molecule has 0 fully saturated rings. The minimum absolute atomic E-state index is 0.0263. The summed E-state index contributed by atoms with van der Waals surface area (Å²) in [6.07, 6.45) is 1.25. The quantitative estimate of drug-likeness (QED) is 0.600. The molecule has 0 saturated carbocycles. The summed E-state index contributed by atoms with van der Waals surface area (Å²) >= 11 is 0. The van der Waals surface area contributed by atoms with Crippen molar-refractivity contribution in [2.75, 3.05) is 0 Å². The van der Waals surface area contributed by atoms with E-state index in [0.29, 0.717) is 12.8 Å². The average molecular weight is 399 g/mol. The van der Waals surface area contributed by atoms with Crippen LogP contribution in [0, 0.1) is 17.3 Å². The molecule has 2 amide bonds. The van der Waals surface area contributed by atoms with Crippen molar-refractivity contribution in [1.82, 2.24) is 10.6 Å². The first kappa shape index (κ1) is 26.4.